The molecule has 2 aromatic carbocycles. The number of aromatic nitrogens is 1. The van der Waals surface area contributed by atoms with Crippen LogP contribution in [0.25, 0.3) is 5.76 Å². The van der Waals surface area contributed by atoms with E-state index >= 15 is 0 Å². The highest BCUT2D eigenvalue weighted by molar-refractivity contribution is 7.16. The number of nitrogens with zero attached hydrogens (tertiary/aromatic N) is 2. The number of methoxy groups -OCH3 is 2. The molecule has 2 N–H and O–H groups in total. The summed E-state index contributed by atoms with van der Waals surface area (Å²) >= 11 is 1.28. The Morgan fingerprint density at radius 3 is 2.33 bits per heavy atom. The third kappa shape index (κ3) is 3.80. The minimum absolute atomic E-state index is 0.0802. The Morgan fingerprint density at radius 1 is 1.06 bits per heavy atom. The molecule has 1 aromatic heterocycles. The molecule has 0 saturated carbocycles. The molecule has 0 unspecified atom stereocenters. The molecular weight excluding hydrogens is 444 g/mol. The third-order valence-electron chi connectivity index (χ3n) is 5.55. The molecule has 0 spiro atoms. The van der Waals surface area contributed by atoms with Crippen LogP contribution in [0.3, 0.4) is 0 Å². The minimum atomic E-state index is -0.966. The largest absolute Gasteiger partial charge is 0.507 e. The van der Waals surface area contributed by atoms with Crippen LogP contribution < -0.4 is 14.4 Å². The predicted molar refractivity (Wildman–Crippen MR) is 124 cm³/mol. The molecule has 0 bridgehead atoms. The van der Waals surface area contributed by atoms with Gasteiger partial charge in [-0.2, -0.15) is 0 Å². The lowest BCUT2D eigenvalue weighted by atomic mass is 9.95. The number of benzene rings is 2. The number of phenols is 1. The first kappa shape index (κ1) is 22.3. The molecule has 0 aliphatic carbocycles. The highest BCUT2D eigenvalue weighted by atomic mass is 32.1. The number of aliphatic hydroxyl groups is 1. The lowest BCUT2D eigenvalue weighted by Crippen LogP contribution is -2.29. The van der Waals surface area contributed by atoms with Gasteiger partial charge >= 0.3 is 5.91 Å². The van der Waals surface area contributed by atoms with Crippen molar-refractivity contribution in [1.82, 2.24) is 4.98 Å². The summed E-state index contributed by atoms with van der Waals surface area (Å²) in [6.45, 7) is 3.70. The Bertz CT molecular complexity index is 1260. The Kier molecular flexibility index (Phi) is 5.82. The number of aromatic hydroxyl groups is 1. The van der Waals surface area contributed by atoms with Gasteiger partial charge in [-0.25, -0.2) is 4.98 Å². The van der Waals surface area contributed by atoms with Crippen LogP contribution in [0.5, 0.6) is 17.2 Å². The topological polar surface area (TPSA) is 109 Å². The van der Waals surface area contributed by atoms with Gasteiger partial charge in [0.15, 0.2) is 16.6 Å². The molecule has 0 radical (unpaired) electrons. The van der Waals surface area contributed by atoms with E-state index < -0.39 is 17.7 Å². The monoisotopic (exact) mass is 466 g/mol. The van der Waals surface area contributed by atoms with Crippen LogP contribution in [-0.2, 0) is 9.59 Å². The smallest absolute Gasteiger partial charge is 0.301 e. The fraction of sp³-hybridized carbons (Fsp3) is 0.208. The van der Waals surface area contributed by atoms with E-state index in [-0.39, 0.29) is 22.8 Å². The number of aliphatic hydroxyl groups excluding tert-OH is 1. The highest BCUT2D eigenvalue weighted by Crippen LogP contribution is 2.45. The molecule has 4 rings (SSSR count). The molecule has 1 aliphatic rings. The van der Waals surface area contributed by atoms with Gasteiger partial charge in [0.05, 0.1) is 31.5 Å². The van der Waals surface area contributed by atoms with Gasteiger partial charge in [0, 0.05) is 10.4 Å². The number of thiazole rings is 1. The van der Waals surface area contributed by atoms with Crippen LogP contribution >= 0.6 is 11.3 Å². The van der Waals surface area contributed by atoms with Gasteiger partial charge in [0.2, 0.25) is 0 Å². The van der Waals surface area contributed by atoms with Crippen molar-refractivity contribution in [3.05, 3.63) is 69.7 Å². The first-order chi connectivity index (χ1) is 15.8. The summed E-state index contributed by atoms with van der Waals surface area (Å²) in [7, 11) is 2.93. The molecule has 1 fully saturated rings. The molecule has 2 heterocycles. The summed E-state index contributed by atoms with van der Waals surface area (Å²) in [4.78, 5) is 33.0. The number of hydrogen-bond acceptors (Lipinski definition) is 8. The number of aryl methyl sites for hydroxylation is 2. The van der Waals surface area contributed by atoms with Crippen LogP contribution in [-0.4, -0.2) is 41.1 Å². The van der Waals surface area contributed by atoms with Crippen LogP contribution in [0.1, 0.15) is 27.7 Å². The second-order valence-electron chi connectivity index (χ2n) is 7.47. The van der Waals surface area contributed by atoms with Gasteiger partial charge in [-0.3, -0.25) is 14.5 Å². The maximum absolute atomic E-state index is 13.2. The van der Waals surface area contributed by atoms with E-state index in [0.29, 0.717) is 22.0 Å². The average molecular weight is 467 g/mol. The maximum atomic E-state index is 13.2. The first-order valence-electron chi connectivity index (χ1n) is 10.0. The van der Waals surface area contributed by atoms with Gasteiger partial charge in [-0.15, -0.1) is 11.3 Å². The number of ether oxygens (including phenoxy) is 2. The SMILES string of the molecule is COc1ccc(C(O)=C2C(=O)C(=O)N(c3nc(C)c(C)s3)[C@H]2c2ccc(O)c(OC)c2)cc1. The lowest BCUT2D eigenvalue weighted by Gasteiger charge is -2.23. The van der Waals surface area contributed by atoms with Crippen molar-refractivity contribution in [3.8, 4) is 17.2 Å². The van der Waals surface area contributed by atoms with E-state index in [1.54, 1.807) is 30.3 Å². The van der Waals surface area contributed by atoms with Crippen molar-refractivity contribution in [3.63, 3.8) is 0 Å². The number of carbonyl (C=O) groups is 2. The maximum Gasteiger partial charge on any atom is 0.301 e. The van der Waals surface area contributed by atoms with Gasteiger partial charge in [-0.1, -0.05) is 6.07 Å². The minimum Gasteiger partial charge on any atom is -0.507 e. The summed E-state index contributed by atoms with van der Waals surface area (Å²) < 4.78 is 10.4. The standard InChI is InChI=1S/C24H22N2O6S/c1-12-13(2)33-24(25-12)26-20(15-7-10-17(27)18(11-15)32-4)19(22(29)23(26)30)21(28)14-5-8-16(31-3)9-6-14/h5-11,20,27-28H,1-4H3/t20-/m0/s1. The van der Waals surface area contributed by atoms with Crippen LogP contribution in [0, 0.1) is 13.8 Å². The van der Waals surface area contributed by atoms with Crippen molar-refractivity contribution in [2.45, 2.75) is 19.9 Å². The fourth-order valence-corrected chi connectivity index (χ4v) is 4.61. The zero-order chi connectivity index (χ0) is 23.9. The van der Waals surface area contributed by atoms with Crippen molar-refractivity contribution in [2.75, 3.05) is 19.1 Å². The Morgan fingerprint density at radius 2 is 1.76 bits per heavy atom. The number of ketones is 1. The highest BCUT2D eigenvalue weighted by Gasteiger charge is 2.48. The molecule has 1 atom stereocenters. The van der Waals surface area contributed by atoms with Crippen molar-refractivity contribution >= 4 is 33.9 Å². The van der Waals surface area contributed by atoms with E-state index in [2.05, 4.69) is 4.98 Å². The second kappa shape index (κ2) is 8.59. The average Bonchev–Trinajstić information content (AvgIpc) is 3.28. The molecular formula is C24H22N2O6S. The normalized spacial score (nSPS) is 17.5. The van der Waals surface area contributed by atoms with E-state index in [4.69, 9.17) is 9.47 Å². The van der Waals surface area contributed by atoms with Gasteiger partial charge in [-0.05, 0) is 55.8 Å². The van der Waals surface area contributed by atoms with Gasteiger partial charge in [0.1, 0.15) is 11.5 Å². The number of anilines is 1. The van der Waals surface area contributed by atoms with E-state index in [9.17, 15) is 19.8 Å². The molecule has 1 aliphatic heterocycles. The quantitative estimate of drug-likeness (QED) is 0.331. The summed E-state index contributed by atoms with van der Waals surface area (Å²) in [5.41, 5.74) is 1.50. The Labute approximate surface area is 194 Å². The summed E-state index contributed by atoms with van der Waals surface area (Å²) in [5, 5.41) is 21.5. The molecule has 8 nitrogen and oxygen atoms in total. The van der Waals surface area contributed by atoms with Crippen molar-refractivity contribution < 1.29 is 29.3 Å². The fourth-order valence-electron chi connectivity index (χ4n) is 3.67. The Hall–Kier alpha value is -3.85. The second-order valence-corrected chi connectivity index (χ2v) is 8.65. The summed E-state index contributed by atoms with van der Waals surface area (Å²) in [6, 6.07) is 10.1. The van der Waals surface area contributed by atoms with Crippen molar-refractivity contribution in [1.29, 1.82) is 0 Å². The first-order valence-corrected chi connectivity index (χ1v) is 10.8. The third-order valence-corrected chi connectivity index (χ3v) is 6.62. The van der Waals surface area contributed by atoms with Crippen LogP contribution in [0.2, 0.25) is 0 Å². The number of hydrogen-bond donors (Lipinski definition) is 2. The van der Waals surface area contributed by atoms with Gasteiger partial charge < -0.3 is 19.7 Å². The molecule has 33 heavy (non-hydrogen) atoms. The number of carbonyl (C=O) groups excluding carboxylic acids is 2. The van der Waals surface area contributed by atoms with Crippen LogP contribution in [0.4, 0.5) is 5.13 Å². The predicted octanol–water partition coefficient (Wildman–Crippen LogP) is 4.11. The van der Waals surface area contributed by atoms with E-state index in [0.717, 1.165) is 10.6 Å². The summed E-state index contributed by atoms with van der Waals surface area (Å²) in [5.74, 6) is -1.27. The number of phenolic OH excluding ortho intramolecular Hbond substituents is 1. The molecule has 3 aromatic rings. The summed E-state index contributed by atoms with van der Waals surface area (Å²) in [6.07, 6.45) is 0. The number of amides is 1. The zero-order valence-corrected chi connectivity index (χ0v) is 19.3. The molecule has 9 heteroatoms. The van der Waals surface area contributed by atoms with Crippen LogP contribution in [0.15, 0.2) is 48.0 Å². The van der Waals surface area contributed by atoms with E-state index in [1.807, 2.05) is 13.8 Å². The van der Waals surface area contributed by atoms with Crippen molar-refractivity contribution in [2.24, 2.45) is 0 Å². The number of Topliss-reactive ketones (excluding diaryl/α,β-unsaturated/α-hetero) is 1. The molecule has 170 valence electrons. The molecule has 1 amide bonds. The Balaban J connectivity index is 1.95. The molecule has 1 saturated heterocycles. The number of rotatable bonds is 5. The van der Waals surface area contributed by atoms with Gasteiger partial charge in [0.25, 0.3) is 5.78 Å². The van der Waals surface area contributed by atoms with E-state index in [1.165, 1.54) is 42.6 Å². The lowest BCUT2D eigenvalue weighted by molar-refractivity contribution is -0.132. The zero-order valence-electron chi connectivity index (χ0n) is 18.4.